The first-order valence-corrected chi connectivity index (χ1v) is 9.63. The number of benzene rings is 2. The minimum atomic E-state index is -0.537. The fourth-order valence-electron chi connectivity index (χ4n) is 2.69. The van der Waals surface area contributed by atoms with Crippen molar-refractivity contribution in [1.82, 2.24) is 9.78 Å². The number of anilines is 2. The molecule has 9 heteroatoms. The van der Waals surface area contributed by atoms with E-state index in [0.29, 0.717) is 27.2 Å². The summed E-state index contributed by atoms with van der Waals surface area (Å²) in [7, 11) is 0. The van der Waals surface area contributed by atoms with E-state index in [9.17, 15) is 13.1 Å². The second-order valence-electron chi connectivity index (χ2n) is 5.59. The van der Waals surface area contributed by atoms with Gasteiger partial charge in [0.1, 0.15) is 5.82 Å². The van der Waals surface area contributed by atoms with Crippen molar-refractivity contribution >= 4 is 63.6 Å². The van der Waals surface area contributed by atoms with Crippen LogP contribution in [0.1, 0.15) is 9.67 Å². The molecule has 1 N–H and O–H groups in total. The highest BCUT2D eigenvalue weighted by Gasteiger charge is 2.15. The third-order valence-corrected chi connectivity index (χ3v) is 5.61. The van der Waals surface area contributed by atoms with E-state index in [2.05, 4.69) is 10.4 Å². The first kappa shape index (κ1) is 18.0. The molecule has 0 fully saturated rings. The number of thiophene rings is 1. The Kier molecular flexibility index (Phi) is 4.86. The highest BCUT2D eigenvalue weighted by atomic mass is 35.5. The Morgan fingerprint density at radius 3 is 2.89 bits per heavy atom. The summed E-state index contributed by atoms with van der Waals surface area (Å²) in [6, 6.07) is 9.36. The number of para-hydroxylation sites is 1. The maximum absolute atomic E-state index is 14.7. The van der Waals surface area contributed by atoms with E-state index in [-0.39, 0.29) is 27.8 Å². The topological polar surface area (TPSA) is 46.9 Å². The van der Waals surface area contributed by atoms with Crippen LogP contribution in [0.3, 0.4) is 0 Å². The molecule has 0 spiro atoms. The highest BCUT2D eigenvalue weighted by Crippen LogP contribution is 2.37. The van der Waals surface area contributed by atoms with E-state index in [1.54, 1.807) is 46.6 Å². The maximum Gasteiger partial charge on any atom is 0.160 e. The molecule has 4 aromatic rings. The molecule has 0 aliphatic heterocycles. The lowest BCUT2D eigenvalue weighted by atomic mass is 10.2. The van der Waals surface area contributed by atoms with Crippen LogP contribution in [0.4, 0.5) is 19.7 Å². The second kappa shape index (κ2) is 7.30. The molecule has 0 saturated carbocycles. The van der Waals surface area contributed by atoms with Crippen LogP contribution in [0.2, 0.25) is 5.02 Å². The first-order valence-electron chi connectivity index (χ1n) is 7.66. The van der Waals surface area contributed by atoms with Crippen molar-refractivity contribution in [2.24, 2.45) is 0 Å². The van der Waals surface area contributed by atoms with Crippen LogP contribution in [0.5, 0.6) is 0 Å². The van der Waals surface area contributed by atoms with Gasteiger partial charge in [-0.05, 0) is 24.3 Å². The largest absolute Gasteiger partial charge is 0.351 e. The number of nitrogens with zero attached hydrogens (tertiary/aromatic N) is 2. The maximum atomic E-state index is 14.7. The van der Waals surface area contributed by atoms with Crippen molar-refractivity contribution in [2.45, 2.75) is 4.90 Å². The Labute approximate surface area is 166 Å². The molecule has 0 aliphatic carbocycles. The third-order valence-electron chi connectivity index (χ3n) is 3.94. The van der Waals surface area contributed by atoms with E-state index < -0.39 is 5.82 Å². The van der Waals surface area contributed by atoms with Crippen LogP contribution >= 0.6 is 35.1 Å². The lowest BCUT2D eigenvalue weighted by molar-refractivity contribution is 0.112. The average molecular weight is 422 g/mol. The predicted molar refractivity (Wildman–Crippen MR) is 106 cm³/mol. The van der Waals surface area contributed by atoms with Gasteiger partial charge in [0.05, 0.1) is 55.7 Å². The van der Waals surface area contributed by atoms with Crippen molar-refractivity contribution in [1.29, 1.82) is 0 Å². The quantitative estimate of drug-likeness (QED) is 0.378. The van der Waals surface area contributed by atoms with Gasteiger partial charge in [-0.3, -0.25) is 4.79 Å². The van der Waals surface area contributed by atoms with Gasteiger partial charge in [0.2, 0.25) is 0 Å². The molecule has 4 rings (SSSR count). The number of aldehydes is 1. The summed E-state index contributed by atoms with van der Waals surface area (Å²) in [5.41, 5.74) is 1.68. The predicted octanol–water partition coefficient (Wildman–Crippen LogP) is 6.41. The SMILES string of the molecule is O=Cc1cc(-n2ncc3cc(Nc4c(Cl)cccc4SF)c(F)cc32)cs1. The van der Waals surface area contributed by atoms with Gasteiger partial charge in [0, 0.05) is 16.8 Å². The number of nitrogens with one attached hydrogen (secondary N) is 1. The lowest BCUT2D eigenvalue weighted by Gasteiger charge is -2.12. The van der Waals surface area contributed by atoms with Gasteiger partial charge < -0.3 is 5.32 Å². The number of hydrogen-bond acceptors (Lipinski definition) is 5. The molecule has 136 valence electrons. The molecule has 0 bridgehead atoms. The Bertz CT molecular complexity index is 1160. The van der Waals surface area contributed by atoms with Crippen LogP contribution in [0.15, 0.2) is 52.9 Å². The number of fused-ring (bicyclic) bond motifs is 1. The van der Waals surface area contributed by atoms with Gasteiger partial charge in [0.15, 0.2) is 6.29 Å². The highest BCUT2D eigenvalue weighted by molar-refractivity contribution is 7.94. The van der Waals surface area contributed by atoms with E-state index in [4.69, 9.17) is 11.6 Å². The number of aromatic nitrogens is 2. The molecular weight excluding hydrogens is 412 g/mol. The number of halogens is 3. The zero-order valence-corrected chi connectivity index (χ0v) is 15.8. The molecule has 4 nitrogen and oxygen atoms in total. The molecule has 0 radical (unpaired) electrons. The summed E-state index contributed by atoms with van der Waals surface area (Å²) in [5, 5.41) is 9.88. The van der Waals surface area contributed by atoms with Crippen LogP contribution in [0, 0.1) is 5.82 Å². The molecule has 2 heterocycles. The molecule has 0 aliphatic rings. The van der Waals surface area contributed by atoms with Crippen LogP contribution < -0.4 is 5.32 Å². The molecule has 0 atom stereocenters. The van der Waals surface area contributed by atoms with Gasteiger partial charge in [0.25, 0.3) is 0 Å². The van der Waals surface area contributed by atoms with Crippen LogP contribution in [0.25, 0.3) is 16.6 Å². The minimum absolute atomic E-state index is 0.0310. The number of rotatable bonds is 5. The molecule has 2 aromatic heterocycles. The molecule has 0 amide bonds. The van der Waals surface area contributed by atoms with Crippen LogP contribution in [-0.4, -0.2) is 16.1 Å². The van der Waals surface area contributed by atoms with Crippen molar-refractivity contribution in [3.8, 4) is 5.69 Å². The van der Waals surface area contributed by atoms with Gasteiger partial charge >= 0.3 is 0 Å². The van der Waals surface area contributed by atoms with Gasteiger partial charge in [-0.25, -0.2) is 9.07 Å². The third kappa shape index (κ3) is 3.31. The molecule has 27 heavy (non-hydrogen) atoms. The monoisotopic (exact) mass is 421 g/mol. The van der Waals surface area contributed by atoms with E-state index >= 15 is 0 Å². The summed E-state index contributed by atoms with van der Waals surface area (Å²) in [5.74, 6) is -0.537. The van der Waals surface area contributed by atoms with Gasteiger partial charge in [-0.1, -0.05) is 17.7 Å². The summed E-state index contributed by atoms with van der Waals surface area (Å²) in [4.78, 5) is 11.7. The van der Waals surface area contributed by atoms with Gasteiger partial charge in [-0.15, -0.1) is 11.3 Å². The smallest absolute Gasteiger partial charge is 0.160 e. The molecule has 0 saturated heterocycles. The van der Waals surface area contributed by atoms with E-state index in [0.717, 1.165) is 6.29 Å². The Morgan fingerprint density at radius 2 is 2.15 bits per heavy atom. The zero-order chi connectivity index (χ0) is 19.0. The van der Waals surface area contributed by atoms with E-state index in [1.807, 2.05) is 0 Å². The fourth-order valence-corrected chi connectivity index (χ4v) is 4.00. The van der Waals surface area contributed by atoms with Crippen molar-refractivity contribution in [3.05, 3.63) is 63.7 Å². The van der Waals surface area contributed by atoms with Gasteiger partial charge in [-0.2, -0.15) is 8.98 Å². The molecular formula is C18H10ClF2N3OS2. The fraction of sp³-hybridized carbons (Fsp3) is 0. The first-order chi connectivity index (χ1) is 13.1. The molecule has 2 aromatic carbocycles. The summed E-state index contributed by atoms with van der Waals surface area (Å²) in [6.45, 7) is 0. The molecule has 0 unspecified atom stereocenters. The lowest BCUT2D eigenvalue weighted by Crippen LogP contribution is -1.98. The minimum Gasteiger partial charge on any atom is -0.351 e. The van der Waals surface area contributed by atoms with Crippen molar-refractivity contribution in [2.75, 3.05) is 5.32 Å². The summed E-state index contributed by atoms with van der Waals surface area (Å²) in [6.07, 6.45) is 2.35. The number of carbonyl (C=O) groups excluding carboxylic acids is 1. The standard InChI is InChI=1S/C18H10ClF2N3OS2/c19-13-2-1-3-17(27-21)18(13)23-15-4-10-7-22-24(16(10)6-14(15)20)11-5-12(8-25)26-9-11/h1-9,23H. The van der Waals surface area contributed by atoms with Crippen molar-refractivity contribution in [3.63, 3.8) is 0 Å². The Hall–Kier alpha value is -2.42. The average Bonchev–Trinajstić information content (AvgIpc) is 3.29. The number of carbonyl (C=O) groups is 1. The normalized spacial score (nSPS) is 11.1. The summed E-state index contributed by atoms with van der Waals surface area (Å²) >= 11 is 7.43. The van der Waals surface area contributed by atoms with Crippen molar-refractivity contribution < 1.29 is 13.1 Å². The Balaban J connectivity index is 1.77. The van der Waals surface area contributed by atoms with Crippen LogP contribution in [-0.2, 0) is 0 Å². The Morgan fingerprint density at radius 1 is 1.30 bits per heavy atom. The number of hydrogen-bond donors (Lipinski definition) is 1. The second-order valence-corrected chi connectivity index (χ2v) is 7.53. The summed E-state index contributed by atoms with van der Waals surface area (Å²) < 4.78 is 29.4. The van der Waals surface area contributed by atoms with E-state index in [1.165, 1.54) is 17.4 Å². The zero-order valence-electron chi connectivity index (χ0n) is 13.4.